The maximum atomic E-state index is 5.79. The Morgan fingerprint density at radius 3 is 2.61 bits per heavy atom. The van der Waals surface area contributed by atoms with Gasteiger partial charge in [-0.15, -0.1) is 11.3 Å². The monoisotopic (exact) mass is 395 g/mol. The number of methoxy groups -OCH3 is 1. The number of hydrazone groups is 1. The van der Waals surface area contributed by atoms with Gasteiger partial charge < -0.3 is 9.47 Å². The lowest BCUT2D eigenvalue weighted by atomic mass is 10.1. The largest absolute Gasteiger partial charge is 0.493 e. The lowest BCUT2D eigenvalue weighted by Crippen LogP contribution is -2.07. The van der Waals surface area contributed by atoms with Crippen LogP contribution in [-0.2, 0) is 0 Å². The molecule has 6 heteroatoms. The molecule has 1 aromatic heterocycles. The standard InChI is InChI=1S/C22H25N3O2S/c1-14(2)27-21-11-17(7-9-20(21)26-5)12-23-25-22-24-19(13-28-22)18-8-6-15(3)16(4)10-18/h6-14H,1-5H3,(H,24,25)/b23-12-. The maximum absolute atomic E-state index is 5.79. The molecule has 0 saturated carbocycles. The van der Waals surface area contributed by atoms with E-state index in [0.29, 0.717) is 11.5 Å². The smallest absolute Gasteiger partial charge is 0.203 e. The minimum atomic E-state index is 0.0679. The molecule has 5 nitrogen and oxygen atoms in total. The number of benzene rings is 2. The molecular formula is C22H25N3O2S. The van der Waals surface area contributed by atoms with Crippen molar-refractivity contribution in [2.24, 2.45) is 5.10 Å². The molecule has 28 heavy (non-hydrogen) atoms. The first kappa shape index (κ1) is 19.9. The van der Waals surface area contributed by atoms with Gasteiger partial charge in [-0.3, -0.25) is 5.43 Å². The Balaban J connectivity index is 1.69. The van der Waals surface area contributed by atoms with Gasteiger partial charge in [0.15, 0.2) is 11.5 Å². The fraction of sp³-hybridized carbons (Fsp3) is 0.273. The molecule has 0 amide bonds. The van der Waals surface area contributed by atoms with Crippen LogP contribution in [0.15, 0.2) is 46.9 Å². The van der Waals surface area contributed by atoms with Gasteiger partial charge in [-0.2, -0.15) is 5.10 Å². The molecule has 0 aliphatic rings. The minimum absolute atomic E-state index is 0.0679. The van der Waals surface area contributed by atoms with E-state index in [9.17, 15) is 0 Å². The van der Waals surface area contributed by atoms with Gasteiger partial charge in [0.05, 0.1) is 25.1 Å². The van der Waals surface area contributed by atoms with Gasteiger partial charge in [-0.1, -0.05) is 12.1 Å². The van der Waals surface area contributed by atoms with Crippen LogP contribution in [0.25, 0.3) is 11.3 Å². The van der Waals surface area contributed by atoms with E-state index in [1.54, 1.807) is 13.3 Å². The molecule has 2 aromatic carbocycles. The highest BCUT2D eigenvalue weighted by Crippen LogP contribution is 2.29. The molecule has 0 spiro atoms. The first-order chi connectivity index (χ1) is 13.5. The average molecular weight is 396 g/mol. The number of ether oxygens (including phenoxy) is 2. The zero-order valence-electron chi connectivity index (χ0n) is 16.8. The lowest BCUT2D eigenvalue weighted by molar-refractivity contribution is 0.230. The van der Waals surface area contributed by atoms with E-state index in [2.05, 4.69) is 47.6 Å². The van der Waals surface area contributed by atoms with Crippen LogP contribution >= 0.6 is 11.3 Å². The van der Waals surface area contributed by atoms with Gasteiger partial charge in [-0.05, 0) is 68.7 Å². The maximum Gasteiger partial charge on any atom is 0.203 e. The normalized spacial score (nSPS) is 11.2. The summed E-state index contributed by atoms with van der Waals surface area (Å²) >= 11 is 1.53. The first-order valence-electron chi connectivity index (χ1n) is 9.13. The molecule has 0 saturated heterocycles. The van der Waals surface area contributed by atoms with Gasteiger partial charge in [0.25, 0.3) is 0 Å². The van der Waals surface area contributed by atoms with E-state index < -0.39 is 0 Å². The average Bonchev–Trinajstić information content (AvgIpc) is 3.13. The Morgan fingerprint density at radius 1 is 1.07 bits per heavy atom. The number of hydrogen-bond acceptors (Lipinski definition) is 6. The Bertz CT molecular complexity index is 980. The summed E-state index contributed by atoms with van der Waals surface area (Å²) in [4.78, 5) is 4.62. The summed E-state index contributed by atoms with van der Waals surface area (Å²) in [6.45, 7) is 8.19. The number of thiazole rings is 1. The van der Waals surface area contributed by atoms with E-state index in [1.165, 1.54) is 22.5 Å². The predicted octanol–water partition coefficient (Wildman–Crippen LogP) is 5.67. The van der Waals surface area contributed by atoms with Crippen molar-refractivity contribution in [3.05, 3.63) is 58.5 Å². The summed E-state index contributed by atoms with van der Waals surface area (Å²) < 4.78 is 11.1. The third-order valence-electron chi connectivity index (χ3n) is 4.23. The first-order valence-corrected chi connectivity index (χ1v) is 10.0. The van der Waals surface area contributed by atoms with E-state index in [-0.39, 0.29) is 6.10 Å². The van der Waals surface area contributed by atoms with Crippen LogP contribution in [0.1, 0.15) is 30.5 Å². The van der Waals surface area contributed by atoms with Gasteiger partial charge in [0, 0.05) is 10.9 Å². The third kappa shape index (κ3) is 4.89. The van der Waals surface area contributed by atoms with Crippen molar-refractivity contribution in [1.29, 1.82) is 0 Å². The van der Waals surface area contributed by atoms with E-state index in [1.807, 2.05) is 37.4 Å². The Morgan fingerprint density at radius 2 is 1.89 bits per heavy atom. The Kier molecular flexibility index (Phi) is 6.31. The summed E-state index contributed by atoms with van der Waals surface area (Å²) in [6, 6.07) is 12.1. The molecule has 0 radical (unpaired) electrons. The van der Waals surface area contributed by atoms with Crippen molar-refractivity contribution in [2.75, 3.05) is 12.5 Å². The van der Waals surface area contributed by atoms with Crippen LogP contribution in [0.2, 0.25) is 0 Å². The molecule has 0 aliphatic carbocycles. The van der Waals surface area contributed by atoms with Crippen LogP contribution in [-0.4, -0.2) is 24.4 Å². The van der Waals surface area contributed by atoms with Crippen molar-refractivity contribution in [1.82, 2.24) is 4.98 Å². The fourth-order valence-corrected chi connectivity index (χ4v) is 3.31. The number of nitrogens with zero attached hydrogens (tertiary/aromatic N) is 2. The molecule has 1 N–H and O–H groups in total. The summed E-state index contributed by atoms with van der Waals surface area (Å²) in [5, 5.41) is 7.08. The lowest BCUT2D eigenvalue weighted by Gasteiger charge is -2.13. The molecule has 3 aromatic rings. The van der Waals surface area contributed by atoms with E-state index in [0.717, 1.165) is 22.0 Å². The summed E-state index contributed by atoms with van der Waals surface area (Å²) in [6.07, 6.45) is 1.81. The van der Waals surface area contributed by atoms with E-state index in [4.69, 9.17) is 9.47 Å². The van der Waals surface area contributed by atoms with E-state index >= 15 is 0 Å². The van der Waals surface area contributed by atoms with Crippen LogP contribution in [0.4, 0.5) is 5.13 Å². The van der Waals surface area contributed by atoms with Gasteiger partial charge in [0.1, 0.15) is 0 Å². The molecule has 0 fully saturated rings. The highest BCUT2D eigenvalue weighted by molar-refractivity contribution is 7.14. The van der Waals surface area contributed by atoms with Gasteiger partial charge in [-0.25, -0.2) is 4.98 Å². The highest BCUT2D eigenvalue weighted by atomic mass is 32.1. The molecule has 0 atom stereocenters. The zero-order chi connectivity index (χ0) is 20.1. The minimum Gasteiger partial charge on any atom is -0.493 e. The number of nitrogens with one attached hydrogen (secondary N) is 1. The quantitative estimate of drug-likeness (QED) is 0.414. The van der Waals surface area contributed by atoms with Crippen molar-refractivity contribution >= 4 is 22.7 Å². The van der Waals surface area contributed by atoms with Crippen molar-refractivity contribution in [2.45, 2.75) is 33.8 Å². The van der Waals surface area contributed by atoms with Crippen LogP contribution in [0.3, 0.4) is 0 Å². The summed E-state index contributed by atoms with van der Waals surface area (Å²) in [5.41, 5.74) is 8.52. The molecule has 3 rings (SSSR count). The van der Waals surface area contributed by atoms with Crippen molar-refractivity contribution < 1.29 is 9.47 Å². The molecule has 0 unspecified atom stereocenters. The van der Waals surface area contributed by atoms with Crippen LogP contribution in [0, 0.1) is 13.8 Å². The number of aryl methyl sites for hydroxylation is 2. The van der Waals surface area contributed by atoms with Crippen molar-refractivity contribution in [3.8, 4) is 22.8 Å². The van der Waals surface area contributed by atoms with Crippen LogP contribution in [0.5, 0.6) is 11.5 Å². The molecule has 1 heterocycles. The van der Waals surface area contributed by atoms with Gasteiger partial charge >= 0.3 is 0 Å². The zero-order valence-corrected chi connectivity index (χ0v) is 17.6. The number of hydrogen-bond donors (Lipinski definition) is 1. The Hall–Kier alpha value is -2.86. The second-order valence-electron chi connectivity index (χ2n) is 6.78. The second-order valence-corrected chi connectivity index (χ2v) is 7.64. The van der Waals surface area contributed by atoms with Crippen LogP contribution < -0.4 is 14.9 Å². The SMILES string of the molecule is COc1ccc(/C=N\Nc2nc(-c3ccc(C)c(C)c3)cs2)cc1OC(C)C. The second kappa shape index (κ2) is 8.89. The topological polar surface area (TPSA) is 55.7 Å². The number of rotatable bonds is 7. The predicted molar refractivity (Wildman–Crippen MR) is 117 cm³/mol. The molecule has 0 aliphatic heterocycles. The Labute approximate surface area is 170 Å². The summed E-state index contributed by atoms with van der Waals surface area (Å²) in [5.74, 6) is 1.41. The molecule has 146 valence electrons. The molecular weight excluding hydrogens is 370 g/mol. The highest BCUT2D eigenvalue weighted by Gasteiger charge is 2.07. The molecule has 0 bridgehead atoms. The summed E-state index contributed by atoms with van der Waals surface area (Å²) in [7, 11) is 1.63. The van der Waals surface area contributed by atoms with Gasteiger partial charge in [0.2, 0.25) is 5.13 Å². The number of anilines is 1. The van der Waals surface area contributed by atoms with Crippen molar-refractivity contribution in [3.63, 3.8) is 0 Å². The number of aromatic nitrogens is 1. The third-order valence-corrected chi connectivity index (χ3v) is 4.98. The fourth-order valence-electron chi connectivity index (χ4n) is 2.64.